The Labute approximate surface area is 692 Å². The average molecular weight is 1530 g/mol. The number of hydrogen-bond donors (Lipinski definition) is 0. The van der Waals surface area contributed by atoms with E-state index in [0.717, 1.165) is 84.0 Å². The molecule has 560 valence electrons. The first-order valence-electron chi connectivity index (χ1n) is 40.2. The van der Waals surface area contributed by atoms with Crippen molar-refractivity contribution in [2.75, 3.05) is 0 Å². The molecule has 120 heavy (non-hydrogen) atoms. The molecular formula is C111H71N9. The highest BCUT2D eigenvalue weighted by Crippen LogP contribution is 2.45. The molecule has 23 rings (SSSR count). The van der Waals surface area contributed by atoms with Crippen LogP contribution in [0.2, 0.25) is 0 Å². The van der Waals surface area contributed by atoms with Gasteiger partial charge in [0.2, 0.25) is 0 Å². The summed E-state index contributed by atoms with van der Waals surface area (Å²) in [6.45, 7) is 0. The first kappa shape index (κ1) is 71.5. The molecule has 0 fully saturated rings. The van der Waals surface area contributed by atoms with Crippen LogP contribution in [-0.2, 0) is 0 Å². The lowest BCUT2D eigenvalue weighted by Gasteiger charge is -2.16. The molecule has 0 saturated carbocycles. The molecule has 0 bridgehead atoms. The third-order valence-electron chi connectivity index (χ3n) is 22.9. The Morgan fingerprint density at radius 1 is 0.133 bits per heavy atom. The van der Waals surface area contributed by atoms with Gasteiger partial charge in [0.05, 0.1) is 11.4 Å². The highest BCUT2D eigenvalue weighted by Gasteiger charge is 2.21. The molecule has 6 heterocycles. The molecule has 0 spiro atoms. The molecule has 0 aliphatic carbocycles. The van der Waals surface area contributed by atoms with Gasteiger partial charge in [-0.15, -0.1) is 0 Å². The molecule has 9 nitrogen and oxygen atoms in total. The van der Waals surface area contributed by atoms with E-state index in [1.165, 1.54) is 119 Å². The third kappa shape index (κ3) is 13.6. The summed E-state index contributed by atoms with van der Waals surface area (Å²) in [6.07, 6.45) is 14.4. The summed E-state index contributed by atoms with van der Waals surface area (Å²) >= 11 is 0. The molecular weight excluding hydrogens is 1460 g/mol. The van der Waals surface area contributed by atoms with Crippen LogP contribution in [0.25, 0.3) is 221 Å². The van der Waals surface area contributed by atoms with E-state index < -0.39 is 0 Å². The fourth-order valence-electron chi connectivity index (χ4n) is 17.3. The van der Waals surface area contributed by atoms with Crippen molar-refractivity contribution in [1.29, 1.82) is 0 Å². The Morgan fingerprint density at radius 3 is 0.908 bits per heavy atom. The summed E-state index contributed by atoms with van der Waals surface area (Å²) in [6, 6.07) is 135. The smallest absolute Gasteiger partial charge is 0.164 e. The van der Waals surface area contributed by atoms with E-state index >= 15 is 0 Å². The van der Waals surface area contributed by atoms with E-state index in [2.05, 4.69) is 322 Å². The van der Waals surface area contributed by atoms with Crippen molar-refractivity contribution < 1.29 is 0 Å². The highest BCUT2D eigenvalue weighted by atomic mass is 15.0. The van der Waals surface area contributed by atoms with E-state index in [0.29, 0.717) is 17.5 Å². The Balaban J connectivity index is 0.000000112. The van der Waals surface area contributed by atoms with E-state index in [9.17, 15) is 0 Å². The van der Waals surface area contributed by atoms with Gasteiger partial charge in [0.25, 0.3) is 0 Å². The van der Waals surface area contributed by atoms with Crippen LogP contribution >= 0.6 is 0 Å². The van der Waals surface area contributed by atoms with Gasteiger partial charge < -0.3 is 0 Å². The molecule has 17 aromatic carbocycles. The second-order valence-electron chi connectivity index (χ2n) is 29.9. The second-order valence-corrected chi connectivity index (χ2v) is 29.9. The number of pyridine rings is 4. The molecule has 0 aliphatic heterocycles. The Bertz CT molecular complexity index is 7300. The summed E-state index contributed by atoms with van der Waals surface area (Å²) in [4.78, 5) is 41.7. The van der Waals surface area contributed by atoms with Crippen molar-refractivity contribution in [3.05, 3.63) is 432 Å². The summed E-state index contributed by atoms with van der Waals surface area (Å²) < 4.78 is 0. The van der Waals surface area contributed by atoms with Crippen molar-refractivity contribution >= 4 is 97.0 Å². The molecule has 0 aliphatic rings. The number of hydrogen-bond acceptors (Lipinski definition) is 9. The first-order valence-corrected chi connectivity index (χ1v) is 40.2. The Hall–Kier alpha value is -16.2. The standard InChI is InChI=1S/C40H26N2.C37H23N5.C34H22N2/c1-2-12-33(30-22-29(28-10-9-20-41-26-28)23-31(24-30)40-17-7-8-21-42-40)32(11-1)27-18-19-38-36-15-4-3-13-34(36)35-14-5-6-16-37(35)39(38)25-27;1-6-12-33(37-41-35(24-15-19-38-20-16-24)40-36(42-37)25-17-21-39-22-18-25)27(7-1)26-13-14-32-30-10-3-2-8-28(30)29-9-4-5-11-31(29)34(32)23-26;1-2-10-23(11-3-1)34-35-21-20-33(36-34)31-17-9-4-12-25(31)24-18-19-30-28-15-6-5-13-26(28)27-14-7-8-16-29(27)32(30)22-24/h1-26H;1-23H;1-22H. The zero-order valence-corrected chi connectivity index (χ0v) is 65.0. The number of aromatic nitrogens is 9. The lowest BCUT2D eigenvalue weighted by molar-refractivity contribution is 1.07. The van der Waals surface area contributed by atoms with Crippen LogP contribution < -0.4 is 0 Å². The number of nitrogens with zero attached hydrogens (tertiary/aromatic N) is 9. The summed E-state index contributed by atoms with van der Waals surface area (Å²) in [5.41, 5.74) is 19.2. The third-order valence-corrected chi connectivity index (χ3v) is 22.9. The molecule has 0 saturated heterocycles. The summed E-state index contributed by atoms with van der Waals surface area (Å²) in [5, 5.41) is 22.9. The fraction of sp³-hybridized carbons (Fsp3) is 0. The molecule has 0 N–H and O–H groups in total. The van der Waals surface area contributed by atoms with Crippen LogP contribution in [0.5, 0.6) is 0 Å². The minimum Gasteiger partial charge on any atom is -0.265 e. The molecule has 0 atom stereocenters. The van der Waals surface area contributed by atoms with Gasteiger partial charge in [0.1, 0.15) is 0 Å². The molecule has 6 aromatic heterocycles. The first-order chi connectivity index (χ1) is 59.5. The zero-order chi connectivity index (χ0) is 79.7. The summed E-state index contributed by atoms with van der Waals surface area (Å²) in [5.74, 6) is 2.54. The zero-order valence-electron chi connectivity index (χ0n) is 65.0. The normalized spacial score (nSPS) is 11.3. The van der Waals surface area contributed by atoms with Gasteiger partial charge in [-0.3, -0.25) is 19.9 Å². The van der Waals surface area contributed by atoms with E-state index in [4.69, 9.17) is 19.9 Å². The molecule has 0 amide bonds. The van der Waals surface area contributed by atoms with Gasteiger partial charge in [0, 0.05) is 88.5 Å². The van der Waals surface area contributed by atoms with Crippen molar-refractivity contribution in [2.24, 2.45) is 0 Å². The highest BCUT2D eigenvalue weighted by molar-refractivity contribution is 6.28. The van der Waals surface area contributed by atoms with Gasteiger partial charge in [-0.05, 0) is 232 Å². The predicted molar refractivity (Wildman–Crippen MR) is 497 cm³/mol. The van der Waals surface area contributed by atoms with Crippen molar-refractivity contribution in [2.45, 2.75) is 0 Å². The van der Waals surface area contributed by atoms with Crippen LogP contribution in [-0.4, -0.2) is 44.9 Å². The van der Waals surface area contributed by atoms with Gasteiger partial charge in [-0.2, -0.15) is 0 Å². The van der Waals surface area contributed by atoms with E-state index in [1.807, 2.05) is 110 Å². The number of rotatable bonds is 11. The monoisotopic (exact) mass is 1530 g/mol. The topological polar surface area (TPSA) is 116 Å². The largest absolute Gasteiger partial charge is 0.265 e. The van der Waals surface area contributed by atoms with E-state index in [1.54, 1.807) is 24.8 Å². The summed E-state index contributed by atoms with van der Waals surface area (Å²) in [7, 11) is 0. The second kappa shape index (κ2) is 31.5. The van der Waals surface area contributed by atoms with Crippen LogP contribution in [0.1, 0.15) is 0 Å². The predicted octanol–water partition coefficient (Wildman–Crippen LogP) is 28.3. The van der Waals surface area contributed by atoms with Gasteiger partial charge >= 0.3 is 0 Å². The maximum absolute atomic E-state index is 4.97. The average Bonchev–Trinajstić information content (AvgIpc) is 0.747. The lowest BCUT2D eigenvalue weighted by Crippen LogP contribution is -2.01. The van der Waals surface area contributed by atoms with Crippen molar-refractivity contribution in [3.63, 3.8) is 0 Å². The van der Waals surface area contributed by atoms with Crippen LogP contribution in [0.4, 0.5) is 0 Å². The SMILES string of the molecule is c1ccc(-c2cc(-c3cccnc3)cc(-c3ccccc3-c3ccc4c5ccccc5c5ccccc5c4c3)c2)nc1.c1ccc(-c2nc(-c3ccncc3)nc(-c3ccncc3)n2)c(-c2ccc3c4ccccc4c4ccccc4c3c2)c1.c1ccc(-c2nccc(-c3ccccc3-c3ccc4c5ccccc5c5ccccc5c4c3)n2)cc1. The fourth-order valence-corrected chi connectivity index (χ4v) is 17.3. The number of benzene rings is 17. The minimum atomic E-state index is 0.597. The van der Waals surface area contributed by atoms with Crippen LogP contribution in [0.3, 0.4) is 0 Å². The van der Waals surface area contributed by atoms with Crippen molar-refractivity contribution in [1.82, 2.24) is 44.9 Å². The maximum Gasteiger partial charge on any atom is 0.164 e. The van der Waals surface area contributed by atoms with Gasteiger partial charge in [-0.25, -0.2) is 24.9 Å². The molecule has 0 unspecified atom stereocenters. The minimum absolute atomic E-state index is 0.597. The van der Waals surface area contributed by atoms with Crippen LogP contribution in [0.15, 0.2) is 432 Å². The number of fused-ring (bicyclic) bond motifs is 18. The quantitative estimate of drug-likeness (QED) is 0.117. The molecule has 23 aromatic rings. The lowest BCUT2D eigenvalue weighted by atomic mass is 9.88. The maximum atomic E-state index is 4.97. The van der Waals surface area contributed by atoms with Gasteiger partial charge in [-0.1, -0.05) is 297 Å². The van der Waals surface area contributed by atoms with Gasteiger partial charge in [0.15, 0.2) is 23.3 Å². The Kier molecular flexibility index (Phi) is 18.8. The molecule has 9 heteroatoms. The molecule has 0 radical (unpaired) electrons. The van der Waals surface area contributed by atoms with E-state index in [-0.39, 0.29) is 0 Å². The van der Waals surface area contributed by atoms with Crippen LogP contribution in [0, 0.1) is 0 Å². The Morgan fingerprint density at radius 2 is 0.475 bits per heavy atom. The van der Waals surface area contributed by atoms with Crippen molar-refractivity contribution in [3.8, 4) is 124 Å².